The number of fused-ring (bicyclic) bond motifs is 1. The highest BCUT2D eigenvalue weighted by molar-refractivity contribution is 7.86. The molecule has 2 aliphatic carbocycles. The predicted molar refractivity (Wildman–Crippen MR) is 163 cm³/mol. The number of rotatable bonds is 10. The Labute approximate surface area is 271 Å². The first-order valence-corrected chi connectivity index (χ1v) is 16.3. The molecule has 13 heteroatoms. The van der Waals surface area contributed by atoms with E-state index in [1.54, 1.807) is 52.0 Å². The fraction of sp³-hybridized carbons (Fsp3) is 0.382. The van der Waals surface area contributed by atoms with Gasteiger partial charge in [0.1, 0.15) is 36.0 Å². The van der Waals surface area contributed by atoms with Crippen LogP contribution in [0.1, 0.15) is 43.9 Å². The lowest BCUT2D eigenvalue weighted by Crippen LogP contribution is -2.58. The molecular weight excluding hydrogens is 636 g/mol. The van der Waals surface area contributed by atoms with Crippen molar-refractivity contribution in [1.29, 1.82) is 0 Å². The van der Waals surface area contributed by atoms with Gasteiger partial charge in [-0.05, 0) is 52.0 Å². The zero-order chi connectivity index (χ0) is 34.1. The van der Waals surface area contributed by atoms with E-state index in [0.717, 1.165) is 5.56 Å². The van der Waals surface area contributed by atoms with Crippen LogP contribution in [0.15, 0.2) is 77.7 Å². The number of halogens is 2. The summed E-state index contributed by atoms with van der Waals surface area (Å²) < 4.78 is 77.4. The van der Waals surface area contributed by atoms with Crippen molar-refractivity contribution in [2.24, 2.45) is 17.8 Å². The highest BCUT2D eigenvalue weighted by atomic mass is 32.2. The first kappa shape index (κ1) is 34.0. The van der Waals surface area contributed by atoms with Crippen LogP contribution in [0.25, 0.3) is 0 Å². The molecule has 5 atom stereocenters. The van der Waals surface area contributed by atoms with E-state index in [0.29, 0.717) is 0 Å². The van der Waals surface area contributed by atoms with Gasteiger partial charge in [0, 0.05) is 29.4 Å². The number of benzene rings is 3. The molecule has 1 amide bonds. The molecule has 2 saturated carbocycles. The first-order valence-electron chi connectivity index (χ1n) is 14.9. The Morgan fingerprint density at radius 1 is 0.872 bits per heavy atom. The molecule has 0 saturated heterocycles. The largest absolute Gasteiger partial charge is 0.460 e. The van der Waals surface area contributed by atoms with Crippen LogP contribution in [0.4, 0.5) is 13.6 Å². The third-order valence-corrected chi connectivity index (χ3v) is 9.51. The van der Waals surface area contributed by atoms with Crippen LogP contribution in [0.3, 0.4) is 0 Å². The highest BCUT2D eigenvalue weighted by Gasteiger charge is 2.77. The molecule has 0 heterocycles. The number of alkyl carbamates (subject to hydrolysis) is 1. The summed E-state index contributed by atoms with van der Waals surface area (Å²) in [7, 11) is -4.42. The van der Waals surface area contributed by atoms with Crippen LogP contribution in [-0.2, 0) is 51.3 Å². The molecule has 250 valence electrons. The molecule has 5 rings (SSSR count). The summed E-state index contributed by atoms with van der Waals surface area (Å²) in [5.41, 5.74) is -2.07. The Morgan fingerprint density at radius 2 is 1.43 bits per heavy atom. The van der Waals surface area contributed by atoms with E-state index in [2.05, 4.69) is 5.32 Å². The van der Waals surface area contributed by atoms with Gasteiger partial charge in [-0.25, -0.2) is 18.4 Å². The van der Waals surface area contributed by atoms with Crippen LogP contribution < -0.4 is 5.32 Å². The predicted octanol–water partition coefficient (Wildman–Crippen LogP) is 5.36. The average Bonchev–Trinajstić information content (AvgIpc) is 3.68. The molecule has 0 spiro atoms. The minimum atomic E-state index is -4.42. The van der Waals surface area contributed by atoms with Gasteiger partial charge in [-0.3, -0.25) is 8.98 Å². The smallest absolute Gasteiger partial charge is 0.408 e. The van der Waals surface area contributed by atoms with Crippen LogP contribution in [0.2, 0.25) is 0 Å². The second-order valence-corrected chi connectivity index (χ2v) is 14.3. The Balaban J connectivity index is 1.48. The summed E-state index contributed by atoms with van der Waals surface area (Å²) in [6.07, 6.45) is -2.75. The zero-order valence-electron chi connectivity index (χ0n) is 26.2. The summed E-state index contributed by atoms with van der Waals surface area (Å²) in [6.45, 7) is 5.65. The van der Waals surface area contributed by atoms with Gasteiger partial charge in [0.2, 0.25) is 0 Å². The van der Waals surface area contributed by atoms with Crippen molar-refractivity contribution in [2.75, 3.05) is 0 Å². The van der Waals surface area contributed by atoms with Crippen molar-refractivity contribution in [1.82, 2.24) is 5.32 Å². The fourth-order valence-electron chi connectivity index (χ4n) is 5.99. The minimum absolute atomic E-state index is 0.0502. The maximum absolute atomic E-state index is 14.4. The van der Waals surface area contributed by atoms with Gasteiger partial charge in [-0.2, -0.15) is 8.42 Å². The van der Waals surface area contributed by atoms with E-state index in [9.17, 15) is 31.6 Å². The van der Waals surface area contributed by atoms with E-state index >= 15 is 0 Å². The average molecular weight is 672 g/mol. The Hall–Kier alpha value is -4.36. The van der Waals surface area contributed by atoms with Crippen LogP contribution >= 0.6 is 0 Å². The van der Waals surface area contributed by atoms with Gasteiger partial charge in [0.15, 0.2) is 0 Å². The van der Waals surface area contributed by atoms with E-state index in [-0.39, 0.29) is 16.0 Å². The number of carbonyl (C=O) groups is 3. The normalized spacial score (nSPS) is 23.4. The number of ether oxygens (including phenoxy) is 3. The molecule has 0 radical (unpaired) electrons. The minimum Gasteiger partial charge on any atom is -0.460 e. The Kier molecular flexibility index (Phi) is 9.43. The van der Waals surface area contributed by atoms with Gasteiger partial charge in [0.05, 0.1) is 16.9 Å². The molecule has 3 aromatic rings. The molecule has 0 aromatic heterocycles. The van der Waals surface area contributed by atoms with Gasteiger partial charge in [-0.1, -0.05) is 54.1 Å². The van der Waals surface area contributed by atoms with E-state index in [1.165, 1.54) is 48.5 Å². The summed E-state index contributed by atoms with van der Waals surface area (Å²) in [4.78, 5) is 40.5. The second kappa shape index (κ2) is 13.0. The SMILES string of the molecule is Cc1ccc(S(=O)(=O)O[C@H]2C[C@@](NC(=O)OC(C)(C)C)(C(=O)OCc3ccccc3F)[C@@H]3[C@@H](C(=O)OCc4ccccc4F)[C@@H]32)cc1. The first-order chi connectivity index (χ1) is 22.1. The summed E-state index contributed by atoms with van der Waals surface area (Å²) in [6, 6.07) is 17.2. The number of esters is 2. The van der Waals surface area contributed by atoms with Crippen molar-refractivity contribution < 1.29 is 50.0 Å². The maximum atomic E-state index is 14.4. The Morgan fingerprint density at radius 3 is 1.98 bits per heavy atom. The zero-order valence-corrected chi connectivity index (χ0v) is 27.0. The lowest BCUT2D eigenvalue weighted by molar-refractivity contribution is -0.156. The summed E-state index contributed by atoms with van der Waals surface area (Å²) in [5.74, 6) is -6.28. The summed E-state index contributed by atoms with van der Waals surface area (Å²) in [5, 5.41) is 2.55. The molecule has 47 heavy (non-hydrogen) atoms. The topological polar surface area (TPSA) is 134 Å². The number of nitrogens with one attached hydrogen (secondary N) is 1. The van der Waals surface area contributed by atoms with E-state index < -0.39 is 94.4 Å². The van der Waals surface area contributed by atoms with Crippen molar-refractivity contribution in [3.8, 4) is 0 Å². The third kappa shape index (κ3) is 7.46. The molecule has 1 N–H and O–H groups in total. The lowest BCUT2D eigenvalue weighted by Gasteiger charge is -2.33. The third-order valence-electron chi connectivity index (χ3n) is 8.16. The van der Waals surface area contributed by atoms with Gasteiger partial charge in [0.25, 0.3) is 10.1 Å². The van der Waals surface area contributed by atoms with E-state index in [4.69, 9.17) is 18.4 Å². The fourth-order valence-corrected chi connectivity index (χ4v) is 7.09. The highest BCUT2D eigenvalue weighted by Crippen LogP contribution is 2.64. The van der Waals surface area contributed by atoms with Crippen molar-refractivity contribution >= 4 is 28.1 Å². The standard InChI is InChI=1S/C34H35F2NO9S/c1-20-13-15-23(16-14-20)47(41,42)46-26-17-34(37-32(40)45-33(2,3)4,31(39)44-19-22-10-6-8-12-25(22)36)29-27(26)28(29)30(38)43-18-21-9-5-7-11-24(21)35/h5-16,26-29H,17-19H2,1-4H3,(H,37,40)/t26-,27-,28-,29-,34-/m0/s1. The van der Waals surface area contributed by atoms with Crippen LogP contribution in [-0.4, -0.2) is 43.7 Å². The van der Waals surface area contributed by atoms with Gasteiger partial charge >= 0.3 is 18.0 Å². The molecule has 3 aromatic carbocycles. The quantitative estimate of drug-likeness (QED) is 0.172. The number of amides is 1. The molecule has 0 unspecified atom stereocenters. The maximum Gasteiger partial charge on any atom is 0.408 e. The number of hydrogen-bond acceptors (Lipinski definition) is 9. The van der Waals surface area contributed by atoms with Crippen LogP contribution in [0.5, 0.6) is 0 Å². The monoisotopic (exact) mass is 671 g/mol. The van der Waals surface area contributed by atoms with Gasteiger partial charge in [-0.15, -0.1) is 0 Å². The Bertz CT molecular complexity index is 1770. The number of hydrogen-bond donors (Lipinski definition) is 1. The van der Waals surface area contributed by atoms with E-state index in [1.807, 2.05) is 0 Å². The molecule has 10 nitrogen and oxygen atoms in total. The number of carbonyl (C=O) groups excluding carboxylic acids is 3. The molecule has 2 aliphatic rings. The molecule has 2 fully saturated rings. The molecule has 0 aliphatic heterocycles. The molecular formula is C34H35F2NO9S. The lowest BCUT2D eigenvalue weighted by atomic mass is 9.89. The van der Waals surface area contributed by atoms with Crippen molar-refractivity contribution in [3.63, 3.8) is 0 Å². The second-order valence-electron chi connectivity index (χ2n) is 12.7. The summed E-state index contributed by atoms with van der Waals surface area (Å²) >= 11 is 0. The van der Waals surface area contributed by atoms with Crippen molar-refractivity contribution in [2.45, 2.75) is 69.5 Å². The number of aryl methyl sites for hydroxylation is 1. The molecule has 0 bridgehead atoms. The van der Waals surface area contributed by atoms with Crippen molar-refractivity contribution in [3.05, 3.63) is 101 Å². The van der Waals surface area contributed by atoms with Gasteiger partial charge < -0.3 is 19.5 Å². The van der Waals surface area contributed by atoms with Crippen LogP contribution in [0, 0.1) is 36.3 Å².